The highest BCUT2D eigenvalue weighted by Crippen LogP contribution is 1.93. The minimum absolute atomic E-state index is 0.249. The maximum Gasteiger partial charge on any atom is 0.326 e. The molecule has 0 heterocycles. The number of rotatable bonds is 8. The predicted octanol–water partition coefficient (Wildman–Crippen LogP) is -0.371. The van der Waals surface area contributed by atoms with Gasteiger partial charge >= 0.3 is 5.97 Å². The first-order valence-electron chi connectivity index (χ1n) is 4.64. The number of methoxy groups -OCH3 is 1. The fourth-order valence-electron chi connectivity index (χ4n) is 0.948. The molecule has 15 heavy (non-hydrogen) atoms. The number of carboxylic acids is 1. The highest BCUT2D eigenvalue weighted by Gasteiger charge is 2.17. The van der Waals surface area contributed by atoms with Gasteiger partial charge in [0.2, 0.25) is 5.91 Å². The average molecular weight is 219 g/mol. The van der Waals surface area contributed by atoms with Crippen LogP contribution in [-0.4, -0.2) is 50.0 Å². The Morgan fingerprint density at radius 2 is 2.00 bits per heavy atom. The molecule has 0 aliphatic heterocycles. The first-order valence-corrected chi connectivity index (χ1v) is 4.64. The first-order chi connectivity index (χ1) is 7.07. The number of amides is 1. The Bertz CT molecular complexity index is 207. The standard InChI is InChI=1S/C9H17NO5/c1-7(11)10-8(9(12)13)3-4-15-6-5-14-2/h8H,3-6H2,1-2H3,(H,10,11)(H,12,13). The highest BCUT2D eigenvalue weighted by atomic mass is 16.5. The molecule has 0 rings (SSSR count). The zero-order chi connectivity index (χ0) is 11.7. The van der Waals surface area contributed by atoms with Crippen LogP contribution in [0.25, 0.3) is 0 Å². The highest BCUT2D eigenvalue weighted by molar-refractivity contribution is 5.81. The molecule has 0 saturated heterocycles. The SMILES string of the molecule is COCCOCCC(NC(C)=O)C(=O)O. The summed E-state index contributed by atoms with van der Waals surface area (Å²) in [6, 6.07) is -0.884. The van der Waals surface area contributed by atoms with Crippen molar-refractivity contribution in [3.8, 4) is 0 Å². The lowest BCUT2D eigenvalue weighted by Gasteiger charge is -2.12. The second kappa shape index (κ2) is 8.19. The molecule has 1 amide bonds. The molecule has 0 spiro atoms. The number of hydrogen-bond donors (Lipinski definition) is 2. The van der Waals surface area contributed by atoms with Gasteiger partial charge in [0.15, 0.2) is 0 Å². The summed E-state index contributed by atoms with van der Waals surface area (Å²) in [5.74, 6) is -1.42. The molecule has 0 bridgehead atoms. The van der Waals surface area contributed by atoms with E-state index in [1.807, 2.05) is 0 Å². The monoisotopic (exact) mass is 219 g/mol. The normalized spacial score (nSPS) is 12.1. The third-order valence-electron chi connectivity index (χ3n) is 1.66. The maximum atomic E-state index is 10.7. The van der Waals surface area contributed by atoms with Crippen molar-refractivity contribution in [1.82, 2.24) is 5.32 Å². The summed E-state index contributed by atoms with van der Waals surface area (Å²) >= 11 is 0. The van der Waals surface area contributed by atoms with E-state index in [1.54, 1.807) is 7.11 Å². The predicted molar refractivity (Wildman–Crippen MR) is 52.6 cm³/mol. The van der Waals surface area contributed by atoms with Crippen molar-refractivity contribution in [3.63, 3.8) is 0 Å². The van der Waals surface area contributed by atoms with Crippen LogP contribution in [0.2, 0.25) is 0 Å². The van der Waals surface area contributed by atoms with Gasteiger partial charge in [-0.05, 0) is 0 Å². The summed E-state index contributed by atoms with van der Waals surface area (Å²) in [5.41, 5.74) is 0. The van der Waals surface area contributed by atoms with Crippen molar-refractivity contribution in [2.24, 2.45) is 0 Å². The van der Waals surface area contributed by atoms with E-state index in [1.165, 1.54) is 6.92 Å². The minimum Gasteiger partial charge on any atom is -0.480 e. The van der Waals surface area contributed by atoms with Crippen LogP contribution in [0.15, 0.2) is 0 Å². The quantitative estimate of drug-likeness (QED) is 0.544. The minimum atomic E-state index is -1.06. The lowest BCUT2D eigenvalue weighted by atomic mass is 10.2. The van der Waals surface area contributed by atoms with Crippen molar-refractivity contribution in [3.05, 3.63) is 0 Å². The fraction of sp³-hybridized carbons (Fsp3) is 0.778. The van der Waals surface area contributed by atoms with Crippen LogP contribution in [0, 0.1) is 0 Å². The van der Waals surface area contributed by atoms with Crippen LogP contribution in [0.3, 0.4) is 0 Å². The lowest BCUT2D eigenvalue weighted by molar-refractivity contribution is -0.142. The van der Waals surface area contributed by atoms with Gasteiger partial charge in [-0.3, -0.25) is 4.79 Å². The molecule has 0 aromatic heterocycles. The van der Waals surface area contributed by atoms with Gasteiger partial charge in [-0.25, -0.2) is 4.79 Å². The number of carboxylic acid groups (broad SMARTS) is 1. The van der Waals surface area contributed by atoms with Crippen molar-refractivity contribution < 1.29 is 24.2 Å². The van der Waals surface area contributed by atoms with E-state index in [4.69, 9.17) is 14.6 Å². The summed E-state index contributed by atoms with van der Waals surface area (Å²) < 4.78 is 9.85. The van der Waals surface area contributed by atoms with Crippen molar-refractivity contribution >= 4 is 11.9 Å². The first kappa shape index (κ1) is 13.9. The van der Waals surface area contributed by atoms with Gasteiger partial charge in [0.1, 0.15) is 6.04 Å². The van der Waals surface area contributed by atoms with Crippen LogP contribution < -0.4 is 5.32 Å². The van der Waals surface area contributed by atoms with Gasteiger partial charge in [0.05, 0.1) is 13.2 Å². The number of carbonyl (C=O) groups excluding carboxylic acids is 1. The number of carbonyl (C=O) groups is 2. The van der Waals surface area contributed by atoms with Crippen LogP contribution in [-0.2, 0) is 19.1 Å². The number of nitrogens with one attached hydrogen (secondary N) is 1. The molecule has 0 aromatic carbocycles. The van der Waals surface area contributed by atoms with E-state index in [-0.39, 0.29) is 18.9 Å². The summed E-state index contributed by atoms with van der Waals surface area (Å²) in [7, 11) is 1.56. The van der Waals surface area contributed by atoms with E-state index < -0.39 is 12.0 Å². The van der Waals surface area contributed by atoms with Gasteiger partial charge in [0.25, 0.3) is 0 Å². The van der Waals surface area contributed by atoms with Crippen LogP contribution in [0.5, 0.6) is 0 Å². The van der Waals surface area contributed by atoms with E-state index in [2.05, 4.69) is 5.32 Å². The fourth-order valence-corrected chi connectivity index (χ4v) is 0.948. The number of hydrogen-bond acceptors (Lipinski definition) is 4. The molecule has 1 unspecified atom stereocenters. The molecule has 6 nitrogen and oxygen atoms in total. The smallest absolute Gasteiger partial charge is 0.326 e. The molecule has 0 radical (unpaired) electrons. The van der Waals surface area contributed by atoms with Crippen LogP contribution in [0.1, 0.15) is 13.3 Å². The van der Waals surface area contributed by atoms with E-state index in [0.29, 0.717) is 13.2 Å². The van der Waals surface area contributed by atoms with Crippen LogP contribution in [0.4, 0.5) is 0 Å². The Labute approximate surface area is 88.6 Å². The number of aliphatic carboxylic acids is 1. The Balaban J connectivity index is 3.67. The van der Waals surface area contributed by atoms with Crippen molar-refractivity contribution in [2.75, 3.05) is 26.9 Å². The molecule has 6 heteroatoms. The average Bonchev–Trinajstić information content (AvgIpc) is 2.15. The zero-order valence-electron chi connectivity index (χ0n) is 8.99. The van der Waals surface area contributed by atoms with Gasteiger partial charge < -0.3 is 19.9 Å². The summed E-state index contributed by atoms with van der Waals surface area (Å²) in [5, 5.41) is 11.1. The topological polar surface area (TPSA) is 84.9 Å². The zero-order valence-corrected chi connectivity index (χ0v) is 8.99. The molecule has 2 N–H and O–H groups in total. The second-order valence-corrected chi connectivity index (χ2v) is 2.99. The largest absolute Gasteiger partial charge is 0.480 e. The van der Waals surface area contributed by atoms with E-state index >= 15 is 0 Å². The summed E-state index contributed by atoms with van der Waals surface area (Å²) in [6.07, 6.45) is 0.249. The lowest BCUT2D eigenvalue weighted by Crippen LogP contribution is -2.40. The van der Waals surface area contributed by atoms with Crippen molar-refractivity contribution in [1.29, 1.82) is 0 Å². The van der Waals surface area contributed by atoms with Gasteiger partial charge in [-0.15, -0.1) is 0 Å². The van der Waals surface area contributed by atoms with E-state index in [9.17, 15) is 9.59 Å². The molecular weight excluding hydrogens is 202 g/mol. The Morgan fingerprint density at radius 1 is 1.33 bits per heavy atom. The Hall–Kier alpha value is -1.14. The molecule has 0 aliphatic rings. The van der Waals surface area contributed by atoms with Crippen LogP contribution >= 0.6 is 0 Å². The Kier molecular flexibility index (Phi) is 7.57. The van der Waals surface area contributed by atoms with Gasteiger partial charge in [-0.1, -0.05) is 0 Å². The molecule has 0 aliphatic carbocycles. The maximum absolute atomic E-state index is 10.7. The number of ether oxygens (including phenoxy) is 2. The molecule has 0 saturated carbocycles. The van der Waals surface area contributed by atoms with Gasteiger partial charge in [0, 0.05) is 27.1 Å². The summed E-state index contributed by atoms with van der Waals surface area (Å²) in [6.45, 7) is 2.45. The van der Waals surface area contributed by atoms with E-state index in [0.717, 1.165) is 0 Å². The Morgan fingerprint density at radius 3 is 2.47 bits per heavy atom. The molecule has 0 aromatic rings. The second-order valence-electron chi connectivity index (χ2n) is 2.99. The van der Waals surface area contributed by atoms with Gasteiger partial charge in [-0.2, -0.15) is 0 Å². The summed E-state index contributed by atoms with van der Waals surface area (Å²) in [4.78, 5) is 21.3. The van der Waals surface area contributed by atoms with Crippen molar-refractivity contribution in [2.45, 2.75) is 19.4 Å². The third kappa shape index (κ3) is 7.90. The molecule has 1 atom stereocenters. The molecule has 0 fully saturated rings. The molecule has 88 valence electrons. The third-order valence-corrected chi connectivity index (χ3v) is 1.66. The molecular formula is C9H17NO5.